The normalized spacial score (nSPS) is 16.5. The highest BCUT2D eigenvalue weighted by Crippen LogP contribution is 2.32. The average molecular weight is 399 g/mol. The quantitative estimate of drug-likeness (QED) is 0.659. The number of anilines is 2. The molecule has 2 aromatic carbocycles. The molecule has 3 aromatic rings. The van der Waals surface area contributed by atoms with Gasteiger partial charge in [-0.3, -0.25) is 4.79 Å². The van der Waals surface area contributed by atoms with E-state index < -0.39 is 0 Å². The van der Waals surface area contributed by atoms with Crippen LogP contribution >= 0.6 is 0 Å². The molecule has 0 bridgehead atoms. The Kier molecular flexibility index (Phi) is 5.18. The van der Waals surface area contributed by atoms with Crippen LogP contribution < -0.4 is 4.90 Å². The molecule has 0 N–H and O–H groups in total. The third kappa shape index (κ3) is 3.80. The molecular weight excluding hydrogens is 372 g/mol. The lowest BCUT2D eigenvalue weighted by molar-refractivity contribution is 0.0684. The van der Waals surface area contributed by atoms with Crippen LogP contribution in [0.15, 0.2) is 66.9 Å². The SMILES string of the molecule is O=C(c1ccnc(N2CCc3ccccc32)n1)N1CCC(Cc2ccccc2)CC1. The van der Waals surface area contributed by atoms with Gasteiger partial charge < -0.3 is 9.80 Å². The molecular formula is C25H26N4O. The van der Waals surface area contributed by atoms with Crippen molar-refractivity contribution in [3.8, 4) is 0 Å². The third-order valence-corrected chi connectivity index (χ3v) is 6.26. The summed E-state index contributed by atoms with van der Waals surface area (Å²) in [5.41, 5.74) is 4.32. The van der Waals surface area contributed by atoms with Crippen LogP contribution in [0.4, 0.5) is 11.6 Å². The Morgan fingerprint density at radius 1 is 0.933 bits per heavy atom. The van der Waals surface area contributed by atoms with Crippen LogP contribution in [0.1, 0.15) is 34.5 Å². The standard InChI is InChI=1S/C25H26N4O/c30-24(28-15-11-20(12-16-28)18-19-6-2-1-3-7-19)22-10-14-26-25(27-22)29-17-13-21-8-4-5-9-23(21)29/h1-10,14,20H,11-13,15-18H2. The van der Waals surface area contributed by atoms with Gasteiger partial charge in [0.1, 0.15) is 5.69 Å². The van der Waals surface area contributed by atoms with Gasteiger partial charge in [-0.15, -0.1) is 0 Å². The van der Waals surface area contributed by atoms with Gasteiger partial charge in [0.05, 0.1) is 0 Å². The number of nitrogens with zero attached hydrogens (tertiary/aromatic N) is 4. The average Bonchev–Trinajstić information content (AvgIpc) is 3.24. The van der Waals surface area contributed by atoms with Crippen LogP contribution in [0.5, 0.6) is 0 Å². The number of hydrogen-bond donors (Lipinski definition) is 0. The summed E-state index contributed by atoms with van der Waals surface area (Å²) in [4.78, 5) is 26.2. The number of benzene rings is 2. The Balaban J connectivity index is 1.25. The topological polar surface area (TPSA) is 49.3 Å². The fourth-order valence-corrected chi connectivity index (χ4v) is 4.59. The number of fused-ring (bicyclic) bond motifs is 1. The first-order valence-electron chi connectivity index (χ1n) is 10.8. The minimum absolute atomic E-state index is 0.0179. The maximum absolute atomic E-state index is 13.1. The van der Waals surface area contributed by atoms with Crippen LogP contribution in [0, 0.1) is 5.92 Å². The second-order valence-electron chi connectivity index (χ2n) is 8.20. The molecule has 0 radical (unpaired) electrons. The van der Waals surface area contributed by atoms with Crippen LogP contribution in [-0.2, 0) is 12.8 Å². The second kappa shape index (κ2) is 8.27. The van der Waals surface area contributed by atoms with Crippen LogP contribution in [0.3, 0.4) is 0 Å². The smallest absolute Gasteiger partial charge is 0.272 e. The molecule has 1 amide bonds. The molecule has 2 aliphatic heterocycles. The Morgan fingerprint density at radius 3 is 2.53 bits per heavy atom. The van der Waals surface area contributed by atoms with E-state index in [0.29, 0.717) is 17.6 Å². The summed E-state index contributed by atoms with van der Waals surface area (Å²) in [5.74, 6) is 1.27. The summed E-state index contributed by atoms with van der Waals surface area (Å²) in [6.45, 7) is 2.44. The van der Waals surface area contributed by atoms with E-state index in [9.17, 15) is 4.79 Å². The van der Waals surface area contributed by atoms with E-state index in [1.54, 1.807) is 12.3 Å². The van der Waals surface area contributed by atoms with Gasteiger partial charge in [0, 0.05) is 31.5 Å². The van der Waals surface area contributed by atoms with Gasteiger partial charge in [-0.1, -0.05) is 48.5 Å². The molecule has 0 aliphatic carbocycles. The molecule has 5 heteroatoms. The van der Waals surface area contributed by atoms with E-state index in [-0.39, 0.29) is 5.91 Å². The van der Waals surface area contributed by atoms with Crippen molar-refractivity contribution >= 4 is 17.5 Å². The highest BCUT2D eigenvalue weighted by molar-refractivity contribution is 5.92. The fourth-order valence-electron chi connectivity index (χ4n) is 4.59. The maximum Gasteiger partial charge on any atom is 0.272 e. The van der Waals surface area contributed by atoms with E-state index in [1.807, 2.05) is 11.0 Å². The van der Waals surface area contributed by atoms with Gasteiger partial charge in [0.25, 0.3) is 5.91 Å². The molecule has 30 heavy (non-hydrogen) atoms. The van der Waals surface area contributed by atoms with Crippen molar-refractivity contribution in [2.24, 2.45) is 5.92 Å². The van der Waals surface area contributed by atoms with E-state index in [4.69, 9.17) is 0 Å². The van der Waals surface area contributed by atoms with Crippen LogP contribution in [-0.4, -0.2) is 40.4 Å². The van der Waals surface area contributed by atoms with Gasteiger partial charge in [0.15, 0.2) is 0 Å². The number of piperidine rings is 1. The minimum Gasteiger partial charge on any atom is -0.337 e. The van der Waals surface area contributed by atoms with Crippen molar-refractivity contribution in [3.05, 3.63) is 83.7 Å². The van der Waals surface area contributed by atoms with Gasteiger partial charge in [-0.2, -0.15) is 0 Å². The highest BCUT2D eigenvalue weighted by Gasteiger charge is 2.26. The zero-order valence-corrected chi connectivity index (χ0v) is 17.1. The summed E-state index contributed by atoms with van der Waals surface area (Å²) < 4.78 is 0. The lowest BCUT2D eigenvalue weighted by Gasteiger charge is -2.32. The van der Waals surface area contributed by atoms with E-state index >= 15 is 0 Å². The van der Waals surface area contributed by atoms with Gasteiger partial charge in [0.2, 0.25) is 5.95 Å². The van der Waals surface area contributed by atoms with Crippen LogP contribution in [0.25, 0.3) is 0 Å². The summed E-state index contributed by atoms with van der Waals surface area (Å²) in [7, 11) is 0. The zero-order chi connectivity index (χ0) is 20.3. The minimum atomic E-state index is 0.0179. The number of amides is 1. The number of carbonyl (C=O) groups excluding carboxylic acids is 1. The molecule has 0 unspecified atom stereocenters. The molecule has 0 atom stereocenters. The summed E-state index contributed by atoms with van der Waals surface area (Å²) >= 11 is 0. The first-order chi connectivity index (χ1) is 14.8. The molecule has 2 aliphatic rings. The molecule has 152 valence electrons. The monoisotopic (exact) mass is 398 g/mol. The molecule has 3 heterocycles. The number of hydrogen-bond acceptors (Lipinski definition) is 4. The third-order valence-electron chi connectivity index (χ3n) is 6.26. The molecule has 5 rings (SSSR count). The van der Waals surface area contributed by atoms with E-state index in [1.165, 1.54) is 11.1 Å². The first-order valence-corrected chi connectivity index (χ1v) is 10.8. The van der Waals surface area contributed by atoms with Crippen molar-refractivity contribution in [2.75, 3.05) is 24.5 Å². The van der Waals surface area contributed by atoms with E-state index in [0.717, 1.165) is 51.0 Å². The molecule has 1 fully saturated rings. The molecule has 0 spiro atoms. The fraction of sp³-hybridized carbons (Fsp3) is 0.320. The number of aromatic nitrogens is 2. The van der Waals surface area contributed by atoms with E-state index in [2.05, 4.69) is 63.4 Å². The molecule has 0 saturated carbocycles. The number of carbonyl (C=O) groups is 1. The van der Waals surface area contributed by atoms with Gasteiger partial charge >= 0.3 is 0 Å². The maximum atomic E-state index is 13.1. The second-order valence-corrected chi connectivity index (χ2v) is 8.20. The zero-order valence-electron chi connectivity index (χ0n) is 17.1. The summed E-state index contributed by atoms with van der Waals surface area (Å²) in [6.07, 6.45) is 5.86. The predicted molar refractivity (Wildman–Crippen MR) is 118 cm³/mol. The largest absolute Gasteiger partial charge is 0.337 e. The molecule has 5 nitrogen and oxygen atoms in total. The predicted octanol–water partition coefficient (Wildman–Crippen LogP) is 4.27. The Morgan fingerprint density at radius 2 is 1.70 bits per heavy atom. The Hall–Kier alpha value is -3.21. The van der Waals surface area contributed by atoms with Crippen molar-refractivity contribution in [2.45, 2.75) is 25.7 Å². The number of para-hydroxylation sites is 1. The summed E-state index contributed by atoms with van der Waals surface area (Å²) in [5, 5.41) is 0. The van der Waals surface area contributed by atoms with Gasteiger partial charge in [-0.05, 0) is 54.9 Å². The number of rotatable bonds is 4. The van der Waals surface area contributed by atoms with Crippen molar-refractivity contribution in [3.63, 3.8) is 0 Å². The summed E-state index contributed by atoms with van der Waals surface area (Å²) in [6, 6.07) is 20.7. The van der Waals surface area contributed by atoms with Gasteiger partial charge in [-0.25, -0.2) is 9.97 Å². The van der Waals surface area contributed by atoms with Crippen LogP contribution in [0.2, 0.25) is 0 Å². The first kappa shape index (κ1) is 18.8. The molecule has 1 aromatic heterocycles. The lowest BCUT2D eigenvalue weighted by Crippen LogP contribution is -2.39. The van der Waals surface area contributed by atoms with Crippen molar-refractivity contribution in [1.29, 1.82) is 0 Å². The highest BCUT2D eigenvalue weighted by atomic mass is 16.2. The van der Waals surface area contributed by atoms with Crippen molar-refractivity contribution < 1.29 is 4.79 Å². The number of likely N-dealkylation sites (tertiary alicyclic amines) is 1. The van der Waals surface area contributed by atoms with Crippen molar-refractivity contribution in [1.82, 2.24) is 14.9 Å². The Bertz CT molecular complexity index is 1030. The molecule has 1 saturated heterocycles. The lowest BCUT2D eigenvalue weighted by atomic mass is 9.90. The Labute approximate surface area is 177 Å².